The van der Waals surface area contributed by atoms with Crippen LogP contribution in [0.25, 0.3) is 22.2 Å². The molecule has 1 N–H and O–H groups in total. The highest BCUT2D eigenvalue weighted by Crippen LogP contribution is 2.48. The Balaban J connectivity index is 1.06. The van der Waals surface area contributed by atoms with E-state index in [9.17, 15) is 9.90 Å². The number of anilines is 1. The molecule has 2 aromatic heterocycles. The minimum absolute atomic E-state index is 0.293. The Kier molecular flexibility index (Phi) is 7.09. The molecule has 7 rings (SSSR count). The summed E-state index contributed by atoms with van der Waals surface area (Å²) < 4.78 is 12.9. The number of ether oxygens (including phenoxy) is 1. The number of hydrogen-bond acceptors (Lipinski definition) is 5. The van der Waals surface area contributed by atoms with Crippen molar-refractivity contribution in [3.8, 4) is 17.0 Å². The van der Waals surface area contributed by atoms with Gasteiger partial charge in [0.15, 0.2) is 0 Å². The van der Waals surface area contributed by atoms with Gasteiger partial charge in [-0.05, 0) is 78.3 Å². The van der Waals surface area contributed by atoms with Crippen molar-refractivity contribution >= 4 is 68.9 Å². The summed E-state index contributed by atoms with van der Waals surface area (Å²) in [5.74, 6) is 0.597. The van der Waals surface area contributed by atoms with E-state index in [1.54, 1.807) is 6.20 Å². The van der Waals surface area contributed by atoms with Crippen LogP contribution in [-0.2, 0) is 13.7 Å². The van der Waals surface area contributed by atoms with Crippen LogP contribution in [0.4, 0.5) is 5.69 Å². The van der Waals surface area contributed by atoms with Gasteiger partial charge in [-0.15, -0.1) is 0 Å². The number of fused-ring (bicyclic) bond motifs is 1. The number of aromatic nitrogens is 2. The molecule has 3 aromatic carbocycles. The Bertz CT molecular complexity index is 1840. The van der Waals surface area contributed by atoms with E-state index in [2.05, 4.69) is 17.0 Å². The van der Waals surface area contributed by atoms with Crippen molar-refractivity contribution in [2.24, 2.45) is 7.05 Å². The Morgan fingerprint density at radius 3 is 2.48 bits per heavy atom. The molecule has 1 aliphatic heterocycles. The fourth-order valence-corrected chi connectivity index (χ4v) is 7.70. The number of benzene rings is 3. The van der Waals surface area contributed by atoms with Gasteiger partial charge in [0, 0.05) is 64.4 Å². The number of hydrogen-bond donors (Lipinski definition) is 1. The summed E-state index contributed by atoms with van der Waals surface area (Å²) in [7, 11) is 1.87. The van der Waals surface area contributed by atoms with Gasteiger partial charge in [0.25, 0.3) is 0 Å². The second-order valence-electron chi connectivity index (χ2n) is 11.0. The second-order valence-corrected chi connectivity index (χ2v) is 13.0. The lowest BCUT2D eigenvalue weighted by Crippen LogP contribution is -2.45. The quantitative estimate of drug-likeness (QED) is 0.184. The molecule has 2 aliphatic rings. The van der Waals surface area contributed by atoms with E-state index >= 15 is 0 Å². The van der Waals surface area contributed by atoms with Crippen molar-refractivity contribution in [2.45, 2.75) is 31.3 Å². The van der Waals surface area contributed by atoms with Gasteiger partial charge in [-0.25, -0.2) is 4.79 Å². The summed E-state index contributed by atoms with van der Waals surface area (Å²) in [5, 5.41) is 12.1. The van der Waals surface area contributed by atoms with E-state index in [-0.39, 0.29) is 0 Å². The molecule has 1 saturated carbocycles. The summed E-state index contributed by atoms with van der Waals surface area (Å²) >= 11 is 21.4. The molecular weight excluding hydrogens is 613 g/mol. The summed E-state index contributed by atoms with van der Waals surface area (Å²) in [5.41, 5.74) is 5.96. The molecule has 3 heterocycles. The third-order valence-electron chi connectivity index (χ3n) is 8.21. The topological polar surface area (TPSA) is 67.6 Å². The Morgan fingerprint density at radius 1 is 1.02 bits per heavy atom. The van der Waals surface area contributed by atoms with Crippen molar-refractivity contribution < 1.29 is 14.6 Å². The summed E-state index contributed by atoms with van der Waals surface area (Å²) in [6, 6.07) is 17.4. The number of aryl methyl sites for hydroxylation is 1. The number of aromatic carboxylic acids is 1. The molecule has 5 aromatic rings. The number of carbonyl (C=O) groups is 1. The van der Waals surface area contributed by atoms with Crippen LogP contribution in [-0.4, -0.2) is 33.1 Å². The first-order valence-electron chi connectivity index (χ1n) is 13.7. The van der Waals surface area contributed by atoms with Crippen LogP contribution in [0, 0.1) is 0 Å². The molecule has 0 unspecified atom stereocenters. The molecule has 0 amide bonds. The van der Waals surface area contributed by atoms with Crippen LogP contribution in [0.2, 0.25) is 15.1 Å². The SMILES string of the molecule is Cn1cc(C(=O)O)c2ccc(N3CC(c4ccc(OCc5c(-c6c(Cl)cccc6Cl)nsc5C5CC5)cc4Cl)C3)cc21. The van der Waals surface area contributed by atoms with Gasteiger partial charge in [-0.2, -0.15) is 4.37 Å². The van der Waals surface area contributed by atoms with Gasteiger partial charge >= 0.3 is 5.97 Å². The summed E-state index contributed by atoms with van der Waals surface area (Å²) in [4.78, 5) is 15.1. The predicted molar refractivity (Wildman–Crippen MR) is 170 cm³/mol. The average molecular weight is 639 g/mol. The van der Waals surface area contributed by atoms with E-state index in [1.165, 1.54) is 16.4 Å². The maximum absolute atomic E-state index is 11.6. The zero-order chi connectivity index (χ0) is 29.1. The van der Waals surface area contributed by atoms with Crippen LogP contribution < -0.4 is 9.64 Å². The zero-order valence-electron chi connectivity index (χ0n) is 22.6. The lowest BCUT2D eigenvalue weighted by Gasteiger charge is -2.41. The standard InChI is InChI=1S/C32H26Cl3N3O3S/c1-37-15-23(32(39)40)22-9-7-19(11-28(22)37)38-13-18(14-38)21-10-8-20(12-27(21)35)41-16-24-30(36-42-31(24)17-5-6-17)29-25(33)3-2-4-26(29)34/h2-4,7-12,15,17-18H,5-6,13-14,16H2,1H3,(H,39,40). The van der Waals surface area contributed by atoms with Crippen molar-refractivity contribution in [1.29, 1.82) is 0 Å². The number of nitrogens with zero attached hydrogens (tertiary/aromatic N) is 3. The Hall–Kier alpha value is -3.23. The fraction of sp³-hybridized carbons (Fsp3) is 0.250. The smallest absolute Gasteiger partial charge is 0.337 e. The predicted octanol–water partition coefficient (Wildman–Crippen LogP) is 9.02. The van der Waals surface area contributed by atoms with Crippen molar-refractivity contribution in [2.75, 3.05) is 18.0 Å². The second kappa shape index (κ2) is 10.8. The van der Waals surface area contributed by atoms with Crippen molar-refractivity contribution in [3.05, 3.63) is 97.4 Å². The third-order valence-corrected chi connectivity index (χ3v) is 10.2. The van der Waals surface area contributed by atoms with E-state index in [4.69, 9.17) is 43.9 Å². The molecule has 0 radical (unpaired) electrons. The average Bonchev–Trinajstić information content (AvgIpc) is 3.61. The monoisotopic (exact) mass is 637 g/mol. The van der Waals surface area contributed by atoms with E-state index in [1.807, 2.05) is 54.1 Å². The molecule has 0 atom stereocenters. The van der Waals surface area contributed by atoms with Crippen molar-refractivity contribution in [1.82, 2.24) is 8.94 Å². The van der Waals surface area contributed by atoms with E-state index in [0.717, 1.165) is 64.9 Å². The largest absolute Gasteiger partial charge is 0.489 e. The maximum Gasteiger partial charge on any atom is 0.337 e. The molecule has 1 aliphatic carbocycles. The molecule has 42 heavy (non-hydrogen) atoms. The molecule has 214 valence electrons. The summed E-state index contributed by atoms with van der Waals surface area (Å²) in [6.07, 6.45) is 3.98. The van der Waals surface area contributed by atoms with E-state index in [0.29, 0.717) is 44.8 Å². The Labute approximate surface area is 262 Å². The van der Waals surface area contributed by atoms with Gasteiger partial charge in [0.05, 0.1) is 26.8 Å². The molecule has 1 saturated heterocycles. The maximum atomic E-state index is 11.6. The first-order chi connectivity index (χ1) is 20.3. The van der Waals surface area contributed by atoms with Gasteiger partial charge in [-0.1, -0.05) is 46.9 Å². The normalized spacial score (nSPS) is 15.3. The lowest BCUT2D eigenvalue weighted by molar-refractivity contribution is 0.0699. The van der Waals surface area contributed by atoms with Crippen LogP contribution in [0.5, 0.6) is 5.75 Å². The highest BCUT2D eigenvalue weighted by atomic mass is 35.5. The number of halogens is 3. The fourth-order valence-electron chi connectivity index (χ4n) is 5.76. The van der Waals surface area contributed by atoms with Crippen LogP contribution >= 0.6 is 46.3 Å². The van der Waals surface area contributed by atoms with Crippen LogP contribution in [0.1, 0.15) is 51.0 Å². The van der Waals surface area contributed by atoms with E-state index < -0.39 is 5.97 Å². The highest BCUT2D eigenvalue weighted by Gasteiger charge is 2.32. The van der Waals surface area contributed by atoms with Crippen LogP contribution in [0.3, 0.4) is 0 Å². The van der Waals surface area contributed by atoms with Crippen molar-refractivity contribution in [3.63, 3.8) is 0 Å². The summed E-state index contributed by atoms with van der Waals surface area (Å²) in [6.45, 7) is 2.02. The third kappa shape index (κ3) is 4.92. The Morgan fingerprint density at radius 2 is 1.79 bits per heavy atom. The molecule has 10 heteroatoms. The van der Waals surface area contributed by atoms with Gasteiger partial charge in [0.1, 0.15) is 12.4 Å². The number of carboxylic acid groups (broad SMARTS) is 1. The minimum Gasteiger partial charge on any atom is -0.489 e. The molecule has 2 fully saturated rings. The lowest BCUT2D eigenvalue weighted by atomic mass is 9.90. The first-order valence-corrected chi connectivity index (χ1v) is 15.6. The first kappa shape index (κ1) is 27.6. The van der Waals surface area contributed by atoms with Gasteiger partial charge in [0.2, 0.25) is 0 Å². The molecular formula is C32H26Cl3N3O3S. The number of carboxylic acids is 1. The molecule has 0 spiro atoms. The zero-order valence-corrected chi connectivity index (χ0v) is 25.7. The van der Waals surface area contributed by atoms with Crippen LogP contribution in [0.15, 0.2) is 60.8 Å². The molecule has 0 bridgehead atoms. The highest BCUT2D eigenvalue weighted by molar-refractivity contribution is 7.06. The number of rotatable bonds is 8. The van der Waals surface area contributed by atoms with Gasteiger partial charge in [-0.3, -0.25) is 0 Å². The molecule has 6 nitrogen and oxygen atoms in total. The van der Waals surface area contributed by atoms with Gasteiger partial charge < -0.3 is 19.3 Å². The minimum atomic E-state index is -0.916.